The van der Waals surface area contributed by atoms with Gasteiger partial charge in [-0.1, -0.05) is 60.8 Å². The lowest BCUT2D eigenvalue weighted by atomic mass is 9.84. The summed E-state index contributed by atoms with van der Waals surface area (Å²) in [6.07, 6.45) is 7.55. The molecule has 3 aromatic carbocycles. The molecular weight excluding hydrogens is 448 g/mol. The second kappa shape index (κ2) is 9.98. The van der Waals surface area contributed by atoms with E-state index in [4.69, 9.17) is 22.1 Å². The van der Waals surface area contributed by atoms with Crippen molar-refractivity contribution < 1.29 is 4.74 Å². The molecule has 1 aliphatic rings. The van der Waals surface area contributed by atoms with Gasteiger partial charge >= 0.3 is 0 Å². The number of halogens is 1. The fraction of sp³-hybridized carbons (Fsp3) is 0.214. The number of hydrogen-bond acceptors (Lipinski definition) is 4. The summed E-state index contributed by atoms with van der Waals surface area (Å²) < 4.78 is 6.24. The molecule has 0 spiro atoms. The second-order valence-corrected chi connectivity index (χ2v) is 9.76. The Labute approximate surface area is 204 Å². The quantitative estimate of drug-likeness (QED) is 0.307. The SMILES string of the molecule is Nc1nc(-c2ccc(-c3ccc(Cl)cc3)c(COc3ccc(C4[CH]CCCC4)cc3)c2)cs1. The summed E-state index contributed by atoms with van der Waals surface area (Å²) in [5.74, 6) is 1.45. The van der Waals surface area contributed by atoms with Crippen LogP contribution in [0, 0.1) is 6.42 Å². The Morgan fingerprint density at radius 2 is 1.76 bits per heavy atom. The lowest BCUT2D eigenvalue weighted by molar-refractivity contribution is 0.306. The second-order valence-electron chi connectivity index (χ2n) is 8.43. The number of aromatic nitrogens is 1. The molecule has 33 heavy (non-hydrogen) atoms. The largest absolute Gasteiger partial charge is 0.489 e. The Morgan fingerprint density at radius 1 is 0.970 bits per heavy atom. The number of thiazole rings is 1. The predicted molar refractivity (Wildman–Crippen MR) is 139 cm³/mol. The molecule has 1 saturated carbocycles. The van der Waals surface area contributed by atoms with Crippen LogP contribution in [0.2, 0.25) is 5.02 Å². The molecule has 3 nitrogen and oxygen atoms in total. The van der Waals surface area contributed by atoms with Crippen LogP contribution in [0.15, 0.2) is 72.1 Å². The van der Waals surface area contributed by atoms with Gasteiger partial charge in [-0.15, -0.1) is 11.3 Å². The minimum atomic E-state index is 0.459. The van der Waals surface area contributed by atoms with Gasteiger partial charge in [0, 0.05) is 16.0 Å². The summed E-state index contributed by atoms with van der Waals surface area (Å²) in [4.78, 5) is 4.44. The van der Waals surface area contributed by atoms with Crippen LogP contribution in [0.4, 0.5) is 5.13 Å². The maximum atomic E-state index is 6.24. The molecule has 4 aromatic rings. The van der Waals surface area contributed by atoms with E-state index in [0.717, 1.165) is 38.7 Å². The van der Waals surface area contributed by atoms with Crippen LogP contribution in [0.3, 0.4) is 0 Å². The Morgan fingerprint density at radius 3 is 2.45 bits per heavy atom. The Bertz CT molecular complexity index is 1210. The highest BCUT2D eigenvalue weighted by molar-refractivity contribution is 7.13. The van der Waals surface area contributed by atoms with Gasteiger partial charge in [-0.2, -0.15) is 0 Å². The van der Waals surface area contributed by atoms with Crippen molar-refractivity contribution in [2.75, 3.05) is 5.73 Å². The van der Waals surface area contributed by atoms with Gasteiger partial charge in [-0.25, -0.2) is 4.98 Å². The fourth-order valence-corrected chi connectivity index (χ4v) is 5.12. The van der Waals surface area contributed by atoms with Gasteiger partial charge in [0.15, 0.2) is 5.13 Å². The molecule has 0 saturated heterocycles. The van der Waals surface area contributed by atoms with E-state index in [9.17, 15) is 0 Å². The van der Waals surface area contributed by atoms with E-state index in [2.05, 4.69) is 53.9 Å². The molecule has 1 aliphatic carbocycles. The van der Waals surface area contributed by atoms with Crippen LogP contribution >= 0.6 is 22.9 Å². The third-order valence-corrected chi connectivity index (χ3v) is 7.13. The van der Waals surface area contributed by atoms with Crippen molar-refractivity contribution in [3.05, 3.63) is 94.7 Å². The first kappa shape index (κ1) is 22.0. The molecule has 5 rings (SSSR count). The van der Waals surface area contributed by atoms with E-state index < -0.39 is 0 Å². The first-order valence-electron chi connectivity index (χ1n) is 11.3. The molecule has 0 aliphatic heterocycles. The number of nitrogens with zero attached hydrogens (tertiary/aromatic N) is 1. The van der Waals surface area contributed by atoms with Crippen molar-refractivity contribution in [3.8, 4) is 28.1 Å². The lowest BCUT2D eigenvalue weighted by Crippen LogP contribution is -2.05. The molecule has 1 heterocycles. The molecule has 1 unspecified atom stereocenters. The van der Waals surface area contributed by atoms with Gasteiger partial charge in [-0.3, -0.25) is 0 Å². The van der Waals surface area contributed by atoms with E-state index in [1.165, 1.54) is 42.6 Å². The van der Waals surface area contributed by atoms with Crippen molar-refractivity contribution in [1.29, 1.82) is 0 Å². The van der Waals surface area contributed by atoms with Crippen molar-refractivity contribution in [1.82, 2.24) is 4.98 Å². The Balaban J connectivity index is 1.39. The van der Waals surface area contributed by atoms with Crippen molar-refractivity contribution >= 4 is 28.1 Å². The summed E-state index contributed by atoms with van der Waals surface area (Å²) in [5.41, 5.74) is 12.5. The van der Waals surface area contributed by atoms with Crippen LogP contribution in [-0.2, 0) is 6.61 Å². The third-order valence-electron chi connectivity index (χ3n) is 6.20. The average Bonchev–Trinajstić information content (AvgIpc) is 3.30. The Kier molecular flexibility index (Phi) is 6.65. The van der Waals surface area contributed by atoms with Crippen LogP contribution in [0.25, 0.3) is 22.4 Å². The van der Waals surface area contributed by atoms with E-state index in [0.29, 0.717) is 17.7 Å². The highest BCUT2D eigenvalue weighted by Gasteiger charge is 2.16. The molecule has 2 N–H and O–H groups in total. The standard InChI is InChI=1S/C28H26ClN2OS/c29-24-11-6-21(7-12-24)26-15-10-22(27-18-33-28(30)31-27)16-23(26)17-32-25-13-8-20(9-14-25)19-4-2-1-3-5-19/h4,6-16,18-19H,1-3,5,17H2,(H2,30,31). The lowest BCUT2D eigenvalue weighted by Gasteiger charge is -2.21. The number of anilines is 1. The van der Waals surface area contributed by atoms with Gasteiger partial charge in [0.05, 0.1) is 5.69 Å². The highest BCUT2D eigenvalue weighted by atomic mass is 35.5. The van der Waals surface area contributed by atoms with E-state index >= 15 is 0 Å². The maximum absolute atomic E-state index is 6.24. The Hall–Kier alpha value is -2.82. The maximum Gasteiger partial charge on any atom is 0.180 e. The first-order valence-corrected chi connectivity index (χ1v) is 12.6. The van der Waals surface area contributed by atoms with E-state index in [1.54, 1.807) is 0 Å². The molecular formula is C28H26ClN2OS. The average molecular weight is 474 g/mol. The molecule has 1 atom stereocenters. The van der Waals surface area contributed by atoms with Crippen LogP contribution in [-0.4, -0.2) is 4.98 Å². The van der Waals surface area contributed by atoms with Gasteiger partial charge in [0.25, 0.3) is 0 Å². The number of ether oxygens (including phenoxy) is 1. The monoisotopic (exact) mass is 473 g/mol. The minimum Gasteiger partial charge on any atom is -0.489 e. The summed E-state index contributed by atoms with van der Waals surface area (Å²) in [7, 11) is 0. The number of hydrogen-bond donors (Lipinski definition) is 1. The van der Waals surface area contributed by atoms with E-state index in [-0.39, 0.29) is 0 Å². The highest BCUT2D eigenvalue weighted by Crippen LogP contribution is 2.34. The van der Waals surface area contributed by atoms with Gasteiger partial charge in [-0.05, 0) is 77.8 Å². The zero-order valence-electron chi connectivity index (χ0n) is 18.3. The molecule has 1 aromatic heterocycles. The van der Waals surface area contributed by atoms with Crippen LogP contribution in [0.1, 0.15) is 42.7 Å². The van der Waals surface area contributed by atoms with Gasteiger partial charge < -0.3 is 10.5 Å². The summed E-state index contributed by atoms with van der Waals surface area (Å²) in [6, 6.07) is 22.8. The van der Waals surface area contributed by atoms with Crippen LogP contribution < -0.4 is 10.5 Å². The van der Waals surface area contributed by atoms with Gasteiger partial charge in [0.1, 0.15) is 12.4 Å². The molecule has 0 amide bonds. The van der Waals surface area contributed by atoms with Gasteiger partial charge in [0.2, 0.25) is 0 Å². The fourth-order valence-electron chi connectivity index (χ4n) is 4.42. The van der Waals surface area contributed by atoms with E-state index in [1.807, 2.05) is 29.6 Å². The minimum absolute atomic E-state index is 0.459. The number of nitrogen functional groups attached to an aromatic ring is 1. The predicted octanol–water partition coefficient (Wildman–Crippen LogP) is 8.15. The molecule has 5 heteroatoms. The number of benzene rings is 3. The number of nitrogens with two attached hydrogens (primary N) is 1. The van der Waals surface area contributed by atoms with Crippen molar-refractivity contribution in [2.24, 2.45) is 0 Å². The summed E-state index contributed by atoms with van der Waals surface area (Å²) >= 11 is 7.56. The van der Waals surface area contributed by atoms with Crippen molar-refractivity contribution in [2.45, 2.75) is 38.2 Å². The smallest absolute Gasteiger partial charge is 0.180 e. The first-order chi connectivity index (χ1) is 16.2. The molecule has 1 radical (unpaired) electrons. The van der Waals surface area contributed by atoms with Crippen molar-refractivity contribution in [3.63, 3.8) is 0 Å². The number of rotatable bonds is 6. The normalized spacial score (nSPS) is 14.3. The molecule has 0 bridgehead atoms. The topological polar surface area (TPSA) is 48.1 Å². The molecule has 167 valence electrons. The summed E-state index contributed by atoms with van der Waals surface area (Å²) in [6.45, 7) is 0.459. The zero-order valence-corrected chi connectivity index (χ0v) is 19.9. The van der Waals surface area contributed by atoms with Crippen LogP contribution in [0.5, 0.6) is 5.75 Å². The third kappa shape index (κ3) is 5.23. The molecule has 1 fully saturated rings. The zero-order chi connectivity index (χ0) is 22.6. The summed E-state index contributed by atoms with van der Waals surface area (Å²) in [5, 5.41) is 3.28.